The second kappa shape index (κ2) is 7.12. The Labute approximate surface area is 158 Å². The van der Waals surface area contributed by atoms with Crippen molar-refractivity contribution in [3.63, 3.8) is 0 Å². The Morgan fingerprint density at radius 3 is 2.58 bits per heavy atom. The predicted octanol–water partition coefficient (Wildman–Crippen LogP) is 4.35. The summed E-state index contributed by atoms with van der Waals surface area (Å²) in [7, 11) is 0. The van der Waals surface area contributed by atoms with Gasteiger partial charge in [0.15, 0.2) is 0 Å². The van der Waals surface area contributed by atoms with Crippen molar-refractivity contribution in [2.45, 2.75) is 31.7 Å². The van der Waals surface area contributed by atoms with Gasteiger partial charge in [-0.05, 0) is 61.1 Å². The van der Waals surface area contributed by atoms with Crippen LogP contribution in [-0.2, 0) is 4.79 Å². The number of amides is 2. The van der Waals surface area contributed by atoms with Gasteiger partial charge in [-0.25, -0.2) is 0 Å². The number of nitrogens with zero attached hydrogens (tertiary/aromatic N) is 1. The fourth-order valence-corrected chi connectivity index (χ4v) is 3.66. The fraction of sp³-hybridized carbons (Fsp3) is 0.333. The van der Waals surface area contributed by atoms with Gasteiger partial charge in [0, 0.05) is 29.2 Å². The molecule has 26 heavy (non-hydrogen) atoms. The summed E-state index contributed by atoms with van der Waals surface area (Å²) in [6.07, 6.45) is 3.69. The normalized spacial score (nSPS) is 18.0. The van der Waals surface area contributed by atoms with Crippen LogP contribution in [0.3, 0.4) is 0 Å². The van der Waals surface area contributed by atoms with E-state index in [0.717, 1.165) is 37.1 Å². The number of anilines is 1. The Hall–Kier alpha value is -2.33. The molecule has 0 radical (unpaired) electrons. The molecule has 1 aliphatic heterocycles. The molecule has 2 aromatic rings. The quantitative estimate of drug-likeness (QED) is 0.853. The van der Waals surface area contributed by atoms with Crippen molar-refractivity contribution < 1.29 is 9.59 Å². The van der Waals surface area contributed by atoms with E-state index in [1.165, 1.54) is 0 Å². The summed E-state index contributed by atoms with van der Waals surface area (Å²) < 4.78 is 0. The molecule has 1 saturated heterocycles. The summed E-state index contributed by atoms with van der Waals surface area (Å²) >= 11 is 5.99. The molecule has 2 fully saturated rings. The highest BCUT2D eigenvalue weighted by molar-refractivity contribution is 6.30. The predicted molar refractivity (Wildman–Crippen MR) is 102 cm³/mol. The minimum atomic E-state index is -0.106. The first kappa shape index (κ1) is 17.1. The van der Waals surface area contributed by atoms with Crippen molar-refractivity contribution in [2.75, 3.05) is 11.4 Å². The minimum Gasteiger partial charge on any atom is -0.345 e. The van der Waals surface area contributed by atoms with Crippen molar-refractivity contribution in [2.24, 2.45) is 5.92 Å². The summed E-state index contributed by atoms with van der Waals surface area (Å²) in [5.74, 6) is 0.494. The molecule has 1 atom stereocenters. The molecule has 134 valence electrons. The Balaban J connectivity index is 1.53. The van der Waals surface area contributed by atoms with Crippen LogP contribution in [0.25, 0.3) is 0 Å². The van der Waals surface area contributed by atoms with Crippen LogP contribution in [0.5, 0.6) is 0 Å². The van der Waals surface area contributed by atoms with Gasteiger partial charge in [-0.3, -0.25) is 9.59 Å². The Morgan fingerprint density at radius 1 is 1.15 bits per heavy atom. The third-order valence-electron chi connectivity index (χ3n) is 5.10. The molecule has 4 nitrogen and oxygen atoms in total. The third kappa shape index (κ3) is 3.61. The van der Waals surface area contributed by atoms with Crippen LogP contribution in [0, 0.1) is 5.92 Å². The van der Waals surface area contributed by atoms with Gasteiger partial charge >= 0.3 is 0 Å². The molecule has 1 unspecified atom stereocenters. The van der Waals surface area contributed by atoms with Crippen LogP contribution in [0.1, 0.15) is 47.6 Å². The smallest absolute Gasteiger partial charge is 0.251 e. The lowest BCUT2D eigenvalue weighted by Crippen LogP contribution is -2.30. The van der Waals surface area contributed by atoms with Crippen LogP contribution in [0.15, 0.2) is 48.5 Å². The van der Waals surface area contributed by atoms with Crippen molar-refractivity contribution in [3.8, 4) is 0 Å². The first-order chi connectivity index (χ1) is 12.6. The second-order valence-corrected chi connectivity index (χ2v) is 7.48. The van der Waals surface area contributed by atoms with E-state index in [2.05, 4.69) is 5.32 Å². The van der Waals surface area contributed by atoms with E-state index in [9.17, 15) is 9.59 Å². The molecule has 1 N–H and O–H groups in total. The zero-order chi connectivity index (χ0) is 18.1. The van der Waals surface area contributed by atoms with E-state index in [4.69, 9.17) is 11.6 Å². The SMILES string of the molecule is O=C(NC(c1ccc(Cl)cc1)C1CC1)c1cccc(N2CCCC2=O)c1. The van der Waals surface area contributed by atoms with E-state index >= 15 is 0 Å². The van der Waals surface area contributed by atoms with Gasteiger partial charge in [0.05, 0.1) is 6.04 Å². The molecule has 0 spiro atoms. The molecule has 1 aliphatic carbocycles. The number of hydrogen-bond donors (Lipinski definition) is 1. The lowest BCUT2D eigenvalue weighted by atomic mass is 10.0. The van der Waals surface area contributed by atoms with Gasteiger partial charge in [0.25, 0.3) is 5.91 Å². The summed E-state index contributed by atoms with van der Waals surface area (Å²) in [4.78, 5) is 26.6. The number of rotatable bonds is 5. The standard InChI is InChI=1S/C21H21ClN2O2/c22-17-10-8-15(9-11-17)20(14-6-7-14)23-21(26)16-3-1-4-18(13-16)24-12-2-5-19(24)25/h1,3-4,8-11,13-14,20H,2,5-7,12H2,(H,23,26). The summed E-state index contributed by atoms with van der Waals surface area (Å²) in [5.41, 5.74) is 2.47. The number of carbonyl (C=O) groups excluding carboxylic acids is 2. The van der Waals surface area contributed by atoms with Gasteiger partial charge < -0.3 is 10.2 Å². The van der Waals surface area contributed by atoms with E-state index in [1.807, 2.05) is 42.5 Å². The molecule has 0 aromatic heterocycles. The molecule has 5 heteroatoms. The van der Waals surface area contributed by atoms with Crippen molar-refractivity contribution in [3.05, 3.63) is 64.7 Å². The number of benzene rings is 2. The van der Waals surface area contributed by atoms with E-state index < -0.39 is 0 Å². The Kier molecular flexibility index (Phi) is 4.68. The van der Waals surface area contributed by atoms with Gasteiger partial charge in [0.1, 0.15) is 0 Å². The first-order valence-corrected chi connectivity index (χ1v) is 9.46. The number of carbonyl (C=O) groups is 2. The lowest BCUT2D eigenvalue weighted by Gasteiger charge is -2.20. The highest BCUT2D eigenvalue weighted by Gasteiger charge is 2.33. The summed E-state index contributed by atoms with van der Waals surface area (Å²) in [5, 5.41) is 3.87. The highest BCUT2D eigenvalue weighted by Crippen LogP contribution is 2.41. The summed E-state index contributed by atoms with van der Waals surface area (Å²) in [6, 6.07) is 15.0. The van der Waals surface area contributed by atoms with Crippen LogP contribution < -0.4 is 10.2 Å². The molecule has 2 amide bonds. The van der Waals surface area contributed by atoms with Crippen molar-refractivity contribution in [1.82, 2.24) is 5.32 Å². The Morgan fingerprint density at radius 2 is 1.92 bits per heavy atom. The van der Waals surface area contributed by atoms with Crippen molar-refractivity contribution in [1.29, 1.82) is 0 Å². The molecular formula is C21H21ClN2O2. The van der Waals surface area contributed by atoms with Crippen LogP contribution in [0.4, 0.5) is 5.69 Å². The topological polar surface area (TPSA) is 49.4 Å². The van der Waals surface area contributed by atoms with E-state index in [0.29, 0.717) is 22.9 Å². The largest absolute Gasteiger partial charge is 0.345 e. The van der Waals surface area contributed by atoms with Gasteiger partial charge in [-0.2, -0.15) is 0 Å². The van der Waals surface area contributed by atoms with E-state index in [-0.39, 0.29) is 17.9 Å². The lowest BCUT2D eigenvalue weighted by molar-refractivity contribution is -0.117. The molecule has 2 aromatic carbocycles. The number of hydrogen-bond acceptors (Lipinski definition) is 2. The molecule has 2 aliphatic rings. The fourth-order valence-electron chi connectivity index (χ4n) is 3.53. The van der Waals surface area contributed by atoms with E-state index in [1.54, 1.807) is 11.0 Å². The molecule has 0 bridgehead atoms. The highest BCUT2D eigenvalue weighted by atomic mass is 35.5. The van der Waals surface area contributed by atoms with Crippen LogP contribution in [0.2, 0.25) is 5.02 Å². The molecule has 1 heterocycles. The number of halogens is 1. The molecule has 1 saturated carbocycles. The third-order valence-corrected chi connectivity index (χ3v) is 5.35. The first-order valence-electron chi connectivity index (χ1n) is 9.08. The zero-order valence-electron chi connectivity index (χ0n) is 14.5. The maximum absolute atomic E-state index is 12.8. The average molecular weight is 369 g/mol. The molecule has 4 rings (SSSR count). The van der Waals surface area contributed by atoms with Crippen LogP contribution in [-0.4, -0.2) is 18.4 Å². The van der Waals surface area contributed by atoms with Gasteiger partial charge in [-0.15, -0.1) is 0 Å². The summed E-state index contributed by atoms with van der Waals surface area (Å²) in [6.45, 7) is 0.722. The monoisotopic (exact) mass is 368 g/mol. The zero-order valence-corrected chi connectivity index (χ0v) is 15.2. The van der Waals surface area contributed by atoms with Gasteiger partial charge in [0.2, 0.25) is 5.91 Å². The second-order valence-electron chi connectivity index (χ2n) is 7.04. The average Bonchev–Trinajstić information content (AvgIpc) is 3.41. The van der Waals surface area contributed by atoms with Crippen LogP contribution >= 0.6 is 11.6 Å². The van der Waals surface area contributed by atoms with Crippen molar-refractivity contribution >= 4 is 29.1 Å². The molecular weight excluding hydrogens is 348 g/mol. The maximum atomic E-state index is 12.8. The number of nitrogens with one attached hydrogen (secondary N) is 1. The van der Waals surface area contributed by atoms with Gasteiger partial charge in [-0.1, -0.05) is 29.8 Å². The Bertz CT molecular complexity index is 830. The maximum Gasteiger partial charge on any atom is 0.251 e. The minimum absolute atomic E-state index is 0.00292.